The van der Waals surface area contributed by atoms with Gasteiger partial charge in [-0.25, -0.2) is 4.39 Å². The Balaban J connectivity index is 2.28. The van der Waals surface area contributed by atoms with Crippen LogP contribution in [0.4, 0.5) is 4.39 Å². The molecule has 0 aliphatic heterocycles. The predicted molar refractivity (Wildman–Crippen MR) is 86.3 cm³/mol. The molecule has 0 unspecified atom stereocenters. The van der Waals surface area contributed by atoms with E-state index in [-0.39, 0.29) is 16.8 Å². The summed E-state index contributed by atoms with van der Waals surface area (Å²) < 4.78 is 13.8. The monoisotopic (exact) mass is 341 g/mol. The molecule has 0 aliphatic carbocycles. The molecule has 2 rings (SSSR count). The van der Waals surface area contributed by atoms with Crippen LogP contribution in [0.5, 0.6) is 0 Å². The molecule has 0 spiro atoms. The third kappa shape index (κ3) is 5.28. The highest BCUT2D eigenvalue weighted by Gasteiger charge is 2.15. The van der Waals surface area contributed by atoms with Crippen LogP contribution < -0.4 is 15.7 Å². The highest BCUT2D eigenvalue weighted by molar-refractivity contribution is 6.05. The normalized spacial score (nSPS) is 10.8. The lowest BCUT2D eigenvalue weighted by Gasteiger charge is -2.11. The minimum absolute atomic E-state index is 0.0643. The number of carbonyl (C=O) groups excluding carboxylic acids is 3. The zero-order chi connectivity index (χ0) is 18.2. The van der Waals surface area contributed by atoms with Gasteiger partial charge in [0.1, 0.15) is 11.5 Å². The van der Waals surface area contributed by atoms with E-state index < -0.39 is 30.1 Å². The number of hydrogen-bond donors (Lipinski definition) is 2. The Morgan fingerprint density at radius 3 is 2.28 bits per heavy atom. The Kier molecular flexibility index (Phi) is 6.00. The number of carbonyl (C=O) groups is 3. The molecule has 2 N–H and O–H groups in total. The van der Waals surface area contributed by atoms with Crippen molar-refractivity contribution in [3.8, 4) is 0 Å². The van der Waals surface area contributed by atoms with Crippen molar-refractivity contribution in [2.45, 2.75) is 0 Å². The topological polar surface area (TPSA) is 98.3 Å². The van der Waals surface area contributed by atoms with E-state index in [0.29, 0.717) is 0 Å². The molecule has 2 aromatic rings. The number of halogens is 1. The van der Waals surface area contributed by atoms with Crippen LogP contribution in [-0.2, 0) is 9.59 Å². The van der Waals surface area contributed by atoms with Gasteiger partial charge in [-0.2, -0.15) is 0 Å². The lowest BCUT2D eigenvalue weighted by atomic mass is 10.1. The smallest absolute Gasteiger partial charge is 0.268 e. The van der Waals surface area contributed by atoms with Crippen LogP contribution in [-0.4, -0.2) is 24.3 Å². The van der Waals surface area contributed by atoms with Gasteiger partial charge in [-0.15, -0.1) is 0 Å². The zero-order valence-corrected chi connectivity index (χ0v) is 13.0. The number of amides is 2. The SMILES string of the molecule is O=C([O-])CNC(=O)/C(=C\c1ccccc1F)NC(=O)c1ccccc1. The zero-order valence-electron chi connectivity index (χ0n) is 13.0. The fourth-order valence-electron chi connectivity index (χ4n) is 1.94. The summed E-state index contributed by atoms with van der Waals surface area (Å²) in [6.45, 7) is -0.741. The number of aliphatic carboxylic acids is 1. The van der Waals surface area contributed by atoms with Gasteiger partial charge in [0.25, 0.3) is 11.8 Å². The summed E-state index contributed by atoms with van der Waals surface area (Å²) >= 11 is 0. The molecule has 0 aliphatic rings. The summed E-state index contributed by atoms with van der Waals surface area (Å²) in [6, 6.07) is 13.7. The molecule has 0 atom stereocenters. The van der Waals surface area contributed by atoms with Crippen LogP contribution in [0.2, 0.25) is 0 Å². The number of benzene rings is 2. The fraction of sp³-hybridized carbons (Fsp3) is 0.0556. The first kappa shape index (κ1) is 17.9. The van der Waals surface area contributed by atoms with Crippen LogP contribution in [0.3, 0.4) is 0 Å². The van der Waals surface area contributed by atoms with Crippen molar-refractivity contribution in [2.75, 3.05) is 6.54 Å². The molecule has 25 heavy (non-hydrogen) atoms. The molecule has 0 fully saturated rings. The second kappa shape index (κ2) is 8.39. The van der Waals surface area contributed by atoms with Crippen molar-refractivity contribution in [3.05, 3.63) is 77.2 Å². The van der Waals surface area contributed by atoms with E-state index in [0.717, 1.165) is 6.08 Å². The maximum absolute atomic E-state index is 13.8. The minimum atomic E-state index is -1.49. The average molecular weight is 341 g/mol. The van der Waals surface area contributed by atoms with E-state index in [1.807, 2.05) is 0 Å². The Hall–Kier alpha value is -3.48. The molecule has 7 heteroatoms. The third-order valence-electron chi connectivity index (χ3n) is 3.13. The van der Waals surface area contributed by atoms with Crippen molar-refractivity contribution >= 4 is 23.9 Å². The lowest BCUT2D eigenvalue weighted by molar-refractivity contribution is -0.303. The molecule has 2 amide bonds. The largest absolute Gasteiger partial charge is 0.548 e. The third-order valence-corrected chi connectivity index (χ3v) is 3.13. The standard InChI is InChI=1S/C18H15FN2O4/c19-14-9-5-4-8-13(14)10-15(18(25)20-11-16(22)23)21-17(24)12-6-2-1-3-7-12/h1-10H,11H2,(H,20,25)(H,21,24)(H,22,23)/p-1/b15-10+. The Bertz CT molecular complexity index is 819. The highest BCUT2D eigenvalue weighted by atomic mass is 19.1. The number of hydrogen-bond acceptors (Lipinski definition) is 4. The molecule has 6 nitrogen and oxygen atoms in total. The van der Waals surface area contributed by atoms with E-state index in [1.165, 1.54) is 30.3 Å². The summed E-state index contributed by atoms with van der Waals surface area (Å²) in [5.41, 5.74) is 0.0595. The van der Waals surface area contributed by atoms with E-state index in [9.17, 15) is 23.9 Å². The molecular formula is C18H14FN2O4-. The van der Waals surface area contributed by atoms with Crippen molar-refractivity contribution < 1.29 is 23.9 Å². The minimum Gasteiger partial charge on any atom is -0.548 e. The average Bonchev–Trinajstić information content (AvgIpc) is 2.61. The van der Waals surface area contributed by atoms with Crippen LogP contribution >= 0.6 is 0 Å². The van der Waals surface area contributed by atoms with Gasteiger partial charge in [0, 0.05) is 11.1 Å². The van der Waals surface area contributed by atoms with Gasteiger partial charge >= 0.3 is 0 Å². The number of nitrogens with one attached hydrogen (secondary N) is 2. The maximum Gasteiger partial charge on any atom is 0.268 e. The van der Waals surface area contributed by atoms with E-state index in [2.05, 4.69) is 10.6 Å². The van der Waals surface area contributed by atoms with Gasteiger partial charge in [-0.1, -0.05) is 36.4 Å². The van der Waals surface area contributed by atoms with Gasteiger partial charge in [-0.05, 0) is 24.3 Å². The Morgan fingerprint density at radius 1 is 1.00 bits per heavy atom. The van der Waals surface area contributed by atoms with Crippen LogP contribution in [0, 0.1) is 5.82 Å². The van der Waals surface area contributed by atoms with Gasteiger partial charge in [0.15, 0.2) is 0 Å². The molecule has 0 heterocycles. The van der Waals surface area contributed by atoms with Gasteiger partial charge in [0.2, 0.25) is 0 Å². The van der Waals surface area contributed by atoms with Gasteiger partial charge < -0.3 is 20.5 Å². The quantitative estimate of drug-likeness (QED) is 0.746. The summed E-state index contributed by atoms with van der Waals surface area (Å²) in [4.78, 5) is 34.8. The summed E-state index contributed by atoms with van der Waals surface area (Å²) in [5.74, 6) is -3.56. The predicted octanol–water partition coefficient (Wildman–Crippen LogP) is 0.463. The van der Waals surface area contributed by atoms with Crippen LogP contribution in [0.1, 0.15) is 15.9 Å². The molecule has 128 valence electrons. The Labute approximate surface area is 143 Å². The van der Waals surface area contributed by atoms with Crippen molar-refractivity contribution in [1.82, 2.24) is 10.6 Å². The van der Waals surface area contributed by atoms with Crippen LogP contribution in [0.15, 0.2) is 60.3 Å². The first-order valence-electron chi connectivity index (χ1n) is 7.28. The van der Waals surface area contributed by atoms with Crippen molar-refractivity contribution in [3.63, 3.8) is 0 Å². The summed E-state index contributed by atoms with van der Waals surface area (Å²) in [6.07, 6.45) is 1.13. The van der Waals surface area contributed by atoms with Crippen molar-refractivity contribution in [1.29, 1.82) is 0 Å². The summed E-state index contributed by atoms with van der Waals surface area (Å²) in [7, 11) is 0. The van der Waals surface area contributed by atoms with E-state index in [4.69, 9.17) is 0 Å². The molecule has 0 saturated carbocycles. The maximum atomic E-state index is 13.8. The first-order valence-corrected chi connectivity index (χ1v) is 7.28. The second-order valence-corrected chi connectivity index (χ2v) is 4.95. The van der Waals surface area contributed by atoms with Crippen molar-refractivity contribution in [2.24, 2.45) is 0 Å². The van der Waals surface area contributed by atoms with Gasteiger partial charge in [0.05, 0.1) is 12.5 Å². The molecule has 2 aromatic carbocycles. The molecule has 0 saturated heterocycles. The number of rotatable bonds is 6. The first-order chi connectivity index (χ1) is 12.0. The summed E-state index contributed by atoms with van der Waals surface area (Å²) in [5, 5.41) is 14.9. The number of carboxylic acid groups (broad SMARTS) is 1. The second-order valence-electron chi connectivity index (χ2n) is 4.95. The number of carboxylic acids is 1. The van der Waals surface area contributed by atoms with E-state index in [1.54, 1.807) is 24.3 Å². The molecule has 0 bridgehead atoms. The van der Waals surface area contributed by atoms with Crippen LogP contribution in [0.25, 0.3) is 6.08 Å². The van der Waals surface area contributed by atoms with Gasteiger partial charge in [-0.3, -0.25) is 9.59 Å². The Morgan fingerprint density at radius 2 is 1.64 bits per heavy atom. The molecule has 0 radical (unpaired) electrons. The van der Waals surface area contributed by atoms with E-state index >= 15 is 0 Å². The lowest BCUT2D eigenvalue weighted by Crippen LogP contribution is -2.41. The highest BCUT2D eigenvalue weighted by Crippen LogP contribution is 2.11. The molecular weight excluding hydrogens is 327 g/mol. The fourth-order valence-corrected chi connectivity index (χ4v) is 1.94. The molecule has 0 aromatic heterocycles.